The molecule has 2 rings (SSSR count). The second-order valence-corrected chi connectivity index (χ2v) is 5.96. The molecule has 0 fully saturated rings. The van der Waals surface area contributed by atoms with Gasteiger partial charge < -0.3 is 10.1 Å². The lowest BCUT2D eigenvalue weighted by molar-refractivity contribution is -0.116. The Morgan fingerprint density at radius 3 is 2.59 bits per heavy atom. The van der Waals surface area contributed by atoms with E-state index in [9.17, 15) is 9.59 Å². The summed E-state index contributed by atoms with van der Waals surface area (Å²) in [4.78, 5) is 23.5. The quantitative estimate of drug-likeness (QED) is 0.890. The number of benzene rings is 1. The van der Waals surface area contributed by atoms with Crippen molar-refractivity contribution in [3.63, 3.8) is 0 Å². The van der Waals surface area contributed by atoms with Crippen molar-refractivity contribution >= 4 is 22.9 Å². The van der Waals surface area contributed by atoms with Gasteiger partial charge in [-0.2, -0.15) is 0 Å². The maximum atomic E-state index is 12.0. The van der Waals surface area contributed by atoms with Gasteiger partial charge in [-0.3, -0.25) is 14.2 Å². The minimum atomic E-state index is -0.223. The summed E-state index contributed by atoms with van der Waals surface area (Å²) < 4.78 is 7.14. The van der Waals surface area contributed by atoms with Gasteiger partial charge in [-0.15, -0.1) is 0 Å². The fraction of sp³-hybridized carbons (Fsp3) is 0.375. The van der Waals surface area contributed by atoms with Crippen LogP contribution in [0, 0.1) is 6.92 Å². The molecule has 0 saturated heterocycles. The van der Waals surface area contributed by atoms with Crippen LogP contribution >= 0.6 is 11.3 Å². The molecule has 0 aliphatic rings. The van der Waals surface area contributed by atoms with Gasteiger partial charge in [0, 0.05) is 16.8 Å². The lowest BCUT2D eigenvalue weighted by atomic mass is 10.2. The molecule has 6 heteroatoms. The van der Waals surface area contributed by atoms with Gasteiger partial charge in [-0.25, -0.2) is 0 Å². The molecule has 0 radical (unpaired) electrons. The molecule has 0 saturated carbocycles. The van der Waals surface area contributed by atoms with Gasteiger partial charge in [-0.1, -0.05) is 18.3 Å². The summed E-state index contributed by atoms with van der Waals surface area (Å²) >= 11 is 1.10. The van der Waals surface area contributed by atoms with Gasteiger partial charge in [0.25, 0.3) is 0 Å². The van der Waals surface area contributed by atoms with Crippen LogP contribution in [0.15, 0.2) is 34.4 Å². The van der Waals surface area contributed by atoms with Crippen molar-refractivity contribution in [3.8, 4) is 5.75 Å². The summed E-state index contributed by atoms with van der Waals surface area (Å²) in [5.41, 5.74) is 1.48. The molecule has 0 aliphatic carbocycles. The number of hydrogen-bond donors (Lipinski definition) is 1. The predicted molar refractivity (Wildman–Crippen MR) is 88.8 cm³/mol. The summed E-state index contributed by atoms with van der Waals surface area (Å²) in [7, 11) is 0. The van der Waals surface area contributed by atoms with Crippen LogP contribution in [0.4, 0.5) is 5.69 Å². The highest BCUT2D eigenvalue weighted by molar-refractivity contribution is 7.07. The first-order chi connectivity index (χ1) is 10.5. The maximum absolute atomic E-state index is 12.0. The van der Waals surface area contributed by atoms with Crippen molar-refractivity contribution in [1.82, 2.24) is 4.57 Å². The third-order valence-electron chi connectivity index (χ3n) is 3.33. The van der Waals surface area contributed by atoms with E-state index in [-0.39, 0.29) is 23.4 Å². The highest BCUT2D eigenvalue weighted by Gasteiger charge is 2.09. The van der Waals surface area contributed by atoms with E-state index in [2.05, 4.69) is 12.2 Å². The van der Waals surface area contributed by atoms with E-state index in [1.807, 2.05) is 26.0 Å². The Balaban J connectivity index is 1.96. The van der Waals surface area contributed by atoms with E-state index in [1.165, 1.54) is 4.57 Å². The second kappa shape index (κ2) is 7.26. The van der Waals surface area contributed by atoms with E-state index < -0.39 is 0 Å². The molecule has 1 aromatic heterocycles. The van der Waals surface area contributed by atoms with Crippen LogP contribution in [0.2, 0.25) is 0 Å². The zero-order chi connectivity index (χ0) is 16.1. The number of amides is 1. The van der Waals surface area contributed by atoms with Crippen molar-refractivity contribution < 1.29 is 9.53 Å². The zero-order valence-electron chi connectivity index (χ0n) is 13.0. The predicted octanol–water partition coefficient (Wildman–Crippen LogP) is 3.03. The molecule has 0 aliphatic heterocycles. The molecule has 1 heterocycles. The van der Waals surface area contributed by atoms with Gasteiger partial charge >= 0.3 is 4.87 Å². The number of thiazole rings is 1. The number of anilines is 1. The highest BCUT2D eigenvalue weighted by Crippen LogP contribution is 2.17. The van der Waals surface area contributed by atoms with Gasteiger partial charge in [0.15, 0.2) is 0 Å². The number of nitrogens with zero attached hydrogens (tertiary/aromatic N) is 1. The molecule has 1 amide bonds. The molecule has 5 nitrogen and oxygen atoms in total. The van der Waals surface area contributed by atoms with Gasteiger partial charge in [0.05, 0.1) is 6.10 Å². The fourth-order valence-corrected chi connectivity index (χ4v) is 2.61. The first kappa shape index (κ1) is 16.3. The molecule has 1 aromatic carbocycles. The second-order valence-electron chi connectivity index (χ2n) is 5.14. The van der Waals surface area contributed by atoms with Crippen molar-refractivity contribution in [1.29, 1.82) is 0 Å². The van der Waals surface area contributed by atoms with E-state index >= 15 is 0 Å². The van der Waals surface area contributed by atoms with Crippen LogP contribution in [0.5, 0.6) is 5.75 Å². The minimum Gasteiger partial charge on any atom is -0.491 e. The monoisotopic (exact) mass is 320 g/mol. The topological polar surface area (TPSA) is 60.3 Å². The van der Waals surface area contributed by atoms with Crippen LogP contribution in [-0.4, -0.2) is 16.6 Å². The van der Waals surface area contributed by atoms with Crippen molar-refractivity contribution in [2.24, 2.45) is 0 Å². The molecule has 1 unspecified atom stereocenters. The summed E-state index contributed by atoms with van der Waals surface area (Å²) in [6, 6.07) is 7.23. The number of aryl methyl sites for hydroxylation is 1. The van der Waals surface area contributed by atoms with Gasteiger partial charge in [0.1, 0.15) is 12.3 Å². The van der Waals surface area contributed by atoms with Crippen LogP contribution in [-0.2, 0) is 11.3 Å². The van der Waals surface area contributed by atoms with Crippen LogP contribution < -0.4 is 14.9 Å². The molecule has 118 valence electrons. The lowest BCUT2D eigenvalue weighted by Crippen LogP contribution is -2.25. The molecule has 22 heavy (non-hydrogen) atoms. The fourth-order valence-electron chi connectivity index (χ4n) is 1.87. The first-order valence-electron chi connectivity index (χ1n) is 7.21. The Morgan fingerprint density at radius 1 is 1.36 bits per heavy atom. The number of nitrogens with one attached hydrogen (secondary N) is 1. The van der Waals surface area contributed by atoms with E-state index in [4.69, 9.17) is 4.74 Å². The summed E-state index contributed by atoms with van der Waals surface area (Å²) in [6.45, 7) is 5.91. The molecule has 1 N–H and O–H groups in total. The zero-order valence-corrected chi connectivity index (χ0v) is 13.8. The average Bonchev–Trinajstić information content (AvgIpc) is 2.81. The third-order valence-corrected chi connectivity index (χ3v) is 4.21. The number of carbonyl (C=O) groups excluding carboxylic acids is 1. The molecular formula is C16H20N2O3S. The normalized spacial score (nSPS) is 12.0. The molecule has 2 aromatic rings. The standard InChI is InChI=1S/C16H20N2O3S/c1-4-12(3)21-14-7-5-13(6-8-14)17-15(19)9-18-11(2)10-22-16(18)20/h5-8,10,12H,4,9H2,1-3H3,(H,17,19). The van der Waals surface area contributed by atoms with Gasteiger partial charge in [0.2, 0.25) is 5.91 Å². The Bertz CT molecular complexity index is 688. The van der Waals surface area contributed by atoms with Crippen molar-refractivity contribution in [3.05, 3.63) is 45.0 Å². The van der Waals surface area contributed by atoms with Crippen LogP contribution in [0.3, 0.4) is 0 Å². The minimum absolute atomic E-state index is 0.0271. The number of hydrogen-bond acceptors (Lipinski definition) is 4. The Labute approximate surface area is 133 Å². The summed E-state index contributed by atoms with van der Waals surface area (Å²) in [5, 5.41) is 4.53. The van der Waals surface area contributed by atoms with E-state index in [1.54, 1.807) is 17.5 Å². The van der Waals surface area contributed by atoms with E-state index in [0.29, 0.717) is 5.69 Å². The number of carbonyl (C=O) groups is 1. The van der Waals surface area contributed by atoms with Crippen molar-refractivity contribution in [2.75, 3.05) is 5.32 Å². The largest absolute Gasteiger partial charge is 0.491 e. The molecule has 1 atom stereocenters. The van der Waals surface area contributed by atoms with Gasteiger partial charge in [-0.05, 0) is 44.5 Å². The highest BCUT2D eigenvalue weighted by atomic mass is 32.1. The summed E-state index contributed by atoms with van der Waals surface area (Å²) in [6.07, 6.45) is 1.10. The number of aromatic nitrogens is 1. The smallest absolute Gasteiger partial charge is 0.307 e. The SMILES string of the molecule is CCC(C)Oc1ccc(NC(=O)Cn2c(C)csc2=O)cc1. The average molecular weight is 320 g/mol. The summed E-state index contributed by atoms with van der Waals surface area (Å²) in [5.74, 6) is 0.552. The number of ether oxygens (including phenoxy) is 1. The third kappa shape index (κ3) is 4.21. The Morgan fingerprint density at radius 2 is 2.05 bits per heavy atom. The molecule has 0 bridgehead atoms. The first-order valence-corrected chi connectivity index (χ1v) is 8.09. The lowest BCUT2D eigenvalue weighted by Gasteiger charge is -2.13. The maximum Gasteiger partial charge on any atom is 0.307 e. The Kier molecular flexibility index (Phi) is 5.38. The molecular weight excluding hydrogens is 300 g/mol. The molecule has 0 spiro atoms. The Hall–Kier alpha value is -2.08. The van der Waals surface area contributed by atoms with Crippen LogP contribution in [0.25, 0.3) is 0 Å². The van der Waals surface area contributed by atoms with E-state index in [0.717, 1.165) is 29.2 Å². The van der Waals surface area contributed by atoms with Crippen LogP contribution in [0.1, 0.15) is 26.0 Å². The number of rotatable bonds is 6. The van der Waals surface area contributed by atoms with Crippen molar-refractivity contribution in [2.45, 2.75) is 39.8 Å².